The van der Waals surface area contributed by atoms with Crippen LogP contribution in [0.5, 0.6) is 5.75 Å². The molecule has 0 radical (unpaired) electrons. The molecule has 2 heterocycles. The number of carbonyl (C=O) groups is 2. The van der Waals surface area contributed by atoms with Crippen LogP contribution in [0.3, 0.4) is 0 Å². The monoisotopic (exact) mass is 339 g/mol. The molecule has 1 N–H and O–H groups in total. The minimum Gasteiger partial charge on any atom is -0.479 e. The van der Waals surface area contributed by atoms with Crippen molar-refractivity contribution in [3.63, 3.8) is 0 Å². The molecule has 0 bridgehead atoms. The van der Waals surface area contributed by atoms with E-state index in [1.807, 2.05) is 49.4 Å². The van der Waals surface area contributed by atoms with E-state index in [9.17, 15) is 9.59 Å². The topological polar surface area (TPSA) is 71.5 Å². The fourth-order valence-electron chi connectivity index (χ4n) is 2.82. The van der Waals surface area contributed by atoms with E-state index in [1.54, 1.807) is 18.0 Å². The van der Waals surface area contributed by atoms with Crippen LogP contribution in [0.15, 0.2) is 48.7 Å². The van der Waals surface area contributed by atoms with Crippen LogP contribution in [0.25, 0.3) is 0 Å². The maximum absolute atomic E-state index is 12.4. The van der Waals surface area contributed by atoms with Crippen molar-refractivity contribution in [3.8, 4) is 5.75 Å². The van der Waals surface area contributed by atoms with Gasteiger partial charge in [-0.05, 0) is 38.1 Å². The lowest BCUT2D eigenvalue weighted by Crippen LogP contribution is -2.45. The van der Waals surface area contributed by atoms with Crippen LogP contribution >= 0.6 is 0 Å². The zero-order chi connectivity index (χ0) is 17.8. The van der Waals surface area contributed by atoms with Gasteiger partial charge in [-0.2, -0.15) is 0 Å². The predicted octanol–water partition coefficient (Wildman–Crippen LogP) is 2.46. The molecule has 0 spiro atoms. The summed E-state index contributed by atoms with van der Waals surface area (Å²) in [6.07, 6.45) is 1.36. The molecule has 130 valence electrons. The highest BCUT2D eigenvalue weighted by Gasteiger charge is 2.31. The van der Waals surface area contributed by atoms with Gasteiger partial charge in [0.1, 0.15) is 5.75 Å². The van der Waals surface area contributed by atoms with Crippen molar-refractivity contribution in [3.05, 3.63) is 54.4 Å². The zero-order valence-electron chi connectivity index (χ0n) is 14.3. The second kappa shape index (κ2) is 7.34. The van der Waals surface area contributed by atoms with E-state index in [1.165, 1.54) is 0 Å². The molecule has 1 aliphatic rings. The summed E-state index contributed by atoms with van der Waals surface area (Å²) in [7, 11) is 0. The minimum absolute atomic E-state index is 0.123. The van der Waals surface area contributed by atoms with E-state index < -0.39 is 6.10 Å². The van der Waals surface area contributed by atoms with Crippen LogP contribution < -0.4 is 15.0 Å². The molecule has 0 saturated carbocycles. The molecule has 2 amide bonds. The SMILES string of the molecule is C[C@H](NC(=O)CCN1C(=O)[C@@H](C)Oc2ccccc21)c1ccccn1. The Balaban J connectivity index is 1.63. The Bertz CT molecular complexity index is 764. The van der Waals surface area contributed by atoms with Crippen LogP contribution in [0.4, 0.5) is 5.69 Å². The van der Waals surface area contributed by atoms with Gasteiger partial charge in [-0.15, -0.1) is 0 Å². The van der Waals surface area contributed by atoms with Gasteiger partial charge in [0.15, 0.2) is 6.10 Å². The predicted molar refractivity (Wildman–Crippen MR) is 94.3 cm³/mol. The van der Waals surface area contributed by atoms with Gasteiger partial charge in [0.25, 0.3) is 5.91 Å². The first kappa shape index (κ1) is 17.0. The van der Waals surface area contributed by atoms with E-state index >= 15 is 0 Å². The lowest BCUT2D eigenvalue weighted by atomic mass is 10.1. The van der Waals surface area contributed by atoms with Gasteiger partial charge in [0, 0.05) is 19.2 Å². The highest BCUT2D eigenvalue weighted by molar-refractivity contribution is 6.00. The van der Waals surface area contributed by atoms with Gasteiger partial charge in [-0.3, -0.25) is 14.6 Å². The number of amides is 2. The first-order chi connectivity index (χ1) is 12.1. The van der Waals surface area contributed by atoms with E-state index in [0.29, 0.717) is 18.0 Å². The highest BCUT2D eigenvalue weighted by atomic mass is 16.5. The number of rotatable bonds is 5. The fraction of sp³-hybridized carbons (Fsp3) is 0.316. The van der Waals surface area contributed by atoms with Crippen molar-refractivity contribution < 1.29 is 14.3 Å². The maximum Gasteiger partial charge on any atom is 0.267 e. The average Bonchev–Trinajstić information content (AvgIpc) is 2.63. The molecule has 2 atom stereocenters. The first-order valence-corrected chi connectivity index (χ1v) is 8.33. The van der Waals surface area contributed by atoms with Crippen LogP contribution in [-0.4, -0.2) is 29.4 Å². The Morgan fingerprint density at radius 3 is 2.80 bits per heavy atom. The standard InChI is InChI=1S/C19H21N3O3/c1-13(15-7-5-6-11-20-15)21-18(23)10-12-22-16-8-3-4-9-17(16)25-14(2)19(22)24/h3-9,11,13-14H,10,12H2,1-2H3,(H,21,23)/t13-,14+/m0/s1. The van der Waals surface area contributed by atoms with Gasteiger partial charge in [-0.25, -0.2) is 0 Å². The summed E-state index contributed by atoms with van der Waals surface area (Å²) < 4.78 is 5.60. The Morgan fingerprint density at radius 1 is 1.28 bits per heavy atom. The Kier molecular flexibility index (Phi) is 4.97. The number of hydrogen-bond acceptors (Lipinski definition) is 4. The molecule has 0 saturated heterocycles. The summed E-state index contributed by atoms with van der Waals surface area (Å²) >= 11 is 0. The van der Waals surface area contributed by atoms with Crippen molar-refractivity contribution in [2.24, 2.45) is 0 Å². The molecule has 1 aromatic heterocycles. The van der Waals surface area contributed by atoms with E-state index in [2.05, 4.69) is 10.3 Å². The van der Waals surface area contributed by atoms with Gasteiger partial charge >= 0.3 is 0 Å². The smallest absolute Gasteiger partial charge is 0.267 e. The largest absolute Gasteiger partial charge is 0.479 e. The summed E-state index contributed by atoms with van der Waals surface area (Å²) in [5, 5.41) is 2.92. The van der Waals surface area contributed by atoms with Crippen molar-refractivity contribution >= 4 is 17.5 Å². The highest BCUT2D eigenvalue weighted by Crippen LogP contribution is 2.33. The normalized spacial score (nSPS) is 17.4. The summed E-state index contributed by atoms with van der Waals surface area (Å²) in [5.41, 5.74) is 1.51. The summed E-state index contributed by atoms with van der Waals surface area (Å²) in [6, 6.07) is 12.8. The van der Waals surface area contributed by atoms with Gasteiger partial charge in [-0.1, -0.05) is 18.2 Å². The molecule has 6 nitrogen and oxygen atoms in total. The maximum atomic E-state index is 12.4. The number of ether oxygens (including phenoxy) is 1. The number of aromatic nitrogens is 1. The quantitative estimate of drug-likeness (QED) is 0.908. The molecule has 1 aliphatic heterocycles. The van der Waals surface area contributed by atoms with Crippen LogP contribution in [-0.2, 0) is 9.59 Å². The second-order valence-electron chi connectivity index (χ2n) is 6.01. The average molecular weight is 339 g/mol. The van der Waals surface area contributed by atoms with Crippen molar-refractivity contribution in [2.45, 2.75) is 32.4 Å². The minimum atomic E-state index is -0.551. The lowest BCUT2D eigenvalue weighted by molar-refractivity contribution is -0.125. The third-order valence-corrected chi connectivity index (χ3v) is 4.14. The number of fused-ring (bicyclic) bond motifs is 1. The fourth-order valence-corrected chi connectivity index (χ4v) is 2.82. The molecule has 6 heteroatoms. The molecular weight excluding hydrogens is 318 g/mol. The van der Waals surface area contributed by atoms with Crippen molar-refractivity contribution in [1.29, 1.82) is 0 Å². The Hall–Kier alpha value is -2.89. The molecular formula is C19H21N3O3. The lowest BCUT2D eigenvalue weighted by Gasteiger charge is -2.32. The number of pyridine rings is 1. The molecule has 3 rings (SSSR count). The van der Waals surface area contributed by atoms with Crippen LogP contribution in [0, 0.1) is 0 Å². The summed E-state index contributed by atoms with van der Waals surface area (Å²) in [6.45, 7) is 3.91. The van der Waals surface area contributed by atoms with Crippen molar-refractivity contribution in [1.82, 2.24) is 10.3 Å². The molecule has 1 aromatic carbocycles. The van der Waals surface area contributed by atoms with Crippen LogP contribution in [0.2, 0.25) is 0 Å². The number of anilines is 1. The first-order valence-electron chi connectivity index (χ1n) is 8.33. The molecule has 0 fully saturated rings. The van der Waals surface area contributed by atoms with Gasteiger partial charge in [0.2, 0.25) is 5.91 Å². The van der Waals surface area contributed by atoms with E-state index in [0.717, 1.165) is 5.69 Å². The van der Waals surface area contributed by atoms with Gasteiger partial charge < -0.3 is 15.0 Å². The zero-order valence-corrected chi connectivity index (χ0v) is 14.3. The second-order valence-corrected chi connectivity index (χ2v) is 6.01. The molecule has 25 heavy (non-hydrogen) atoms. The number of hydrogen-bond donors (Lipinski definition) is 1. The van der Waals surface area contributed by atoms with Gasteiger partial charge in [0.05, 0.1) is 17.4 Å². The number of benzene rings is 1. The molecule has 0 unspecified atom stereocenters. The Morgan fingerprint density at radius 2 is 2.04 bits per heavy atom. The number of para-hydroxylation sites is 2. The summed E-state index contributed by atoms with van der Waals surface area (Å²) in [5.74, 6) is 0.406. The number of nitrogens with zero attached hydrogens (tertiary/aromatic N) is 2. The number of carbonyl (C=O) groups excluding carboxylic acids is 2. The molecule has 2 aromatic rings. The molecule has 0 aliphatic carbocycles. The van der Waals surface area contributed by atoms with E-state index in [4.69, 9.17) is 4.74 Å². The van der Waals surface area contributed by atoms with E-state index in [-0.39, 0.29) is 24.3 Å². The van der Waals surface area contributed by atoms with Crippen molar-refractivity contribution in [2.75, 3.05) is 11.4 Å². The number of nitrogens with one attached hydrogen (secondary N) is 1. The van der Waals surface area contributed by atoms with Crippen LogP contribution in [0.1, 0.15) is 32.0 Å². The Labute approximate surface area is 146 Å². The third-order valence-electron chi connectivity index (χ3n) is 4.14. The third kappa shape index (κ3) is 3.79. The summed E-state index contributed by atoms with van der Waals surface area (Å²) in [4.78, 5) is 30.5.